The molecule has 1 N–H and O–H groups in total. The second-order valence-corrected chi connectivity index (χ2v) is 7.18. The molecule has 0 atom stereocenters. The van der Waals surface area contributed by atoms with E-state index in [2.05, 4.69) is 71.3 Å². The third-order valence-corrected chi connectivity index (χ3v) is 5.45. The van der Waals surface area contributed by atoms with E-state index < -0.39 is 0 Å². The zero-order valence-corrected chi connectivity index (χ0v) is 17.8. The third-order valence-electron chi connectivity index (χ3n) is 5.45. The van der Waals surface area contributed by atoms with Gasteiger partial charge >= 0.3 is 0 Å². The lowest BCUT2D eigenvalue weighted by molar-refractivity contribution is 0.372. The monoisotopic (exact) mass is 382 g/mol. The number of anilines is 1. The lowest BCUT2D eigenvalue weighted by Gasteiger charge is -2.37. The van der Waals surface area contributed by atoms with Crippen LogP contribution in [0.5, 0.6) is 0 Å². The molecule has 0 bridgehead atoms. The van der Waals surface area contributed by atoms with Gasteiger partial charge in [0.05, 0.1) is 12.2 Å². The van der Waals surface area contributed by atoms with Crippen LogP contribution in [0.25, 0.3) is 0 Å². The van der Waals surface area contributed by atoms with Crippen LogP contribution in [0.4, 0.5) is 5.69 Å². The zero-order chi connectivity index (χ0) is 19.9. The number of rotatable bonds is 6. The number of hydrogen-bond acceptors (Lipinski definition) is 3. The molecule has 0 saturated carbocycles. The number of guanidine groups is 1. The number of hydrogen-bond donors (Lipinski definition) is 1. The van der Waals surface area contributed by atoms with E-state index in [-0.39, 0.29) is 0 Å². The van der Waals surface area contributed by atoms with Gasteiger partial charge in [0.2, 0.25) is 0 Å². The number of nitrogens with zero attached hydrogens (tertiary/aromatic N) is 5. The second-order valence-electron chi connectivity index (χ2n) is 7.18. The molecule has 6 heteroatoms. The molecular formula is C22H34N6. The van der Waals surface area contributed by atoms with E-state index in [0.29, 0.717) is 6.54 Å². The Balaban J connectivity index is 1.70. The highest BCUT2D eigenvalue weighted by molar-refractivity contribution is 5.80. The van der Waals surface area contributed by atoms with Gasteiger partial charge in [0.25, 0.3) is 0 Å². The van der Waals surface area contributed by atoms with Crippen molar-refractivity contribution in [1.29, 1.82) is 0 Å². The Hall–Kier alpha value is -2.50. The third kappa shape index (κ3) is 4.49. The molecule has 0 amide bonds. The number of aliphatic imine (C=N–C) groups is 1. The van der Waals surface area contributed by atoms with Gasteiger partial charge in [0.1, 0.15) is 0 Å². The summed E-state index contributed by atoms with van der Waals surface area (Å²) in [6, 6.07) is 10.7. The molecule has 3 rings (SSSR count). The molecule has 0 spiro atoms. The van der Waals surface area contributed by atoms with E-state index in [1.165, 1.54) is 22.6 Å². The SMILES string of the molecule is CCNC(=NCc1c(CC)nn(C)c1CC)N1CCN(c2ccccc2)CC1. The maximum absolute atomic E-state index is 5.00. The molecule has 0 unspecified atom stereocenters. The van der Waals surface area contributed by atoms with Crippen LogP contribution in [0.2, 0.25) is 0 Å². The lowest BCUT2D eigenvalue weighted by Crippen LogP contribution is -2.52. The fourth-order valence-electron chi connectivity index (χ4n) is 3.97. The van der Waals surface area contributed by atoms with Crippen LogP contribution < -0.4 is 10.2 Å². The summed E-state index contributed by atoms with van der Waals surface area (Å²) in [6.07, 6.45) is 1.94. The molecule has 6 nitrogen and oxygen atoms in total. The summed E-state index contributed by atoms with van der Waals surface area (Å²) in [4.78, 5) is 9.83. The molecule has 28 heavy (non-hydrogen) atoms. The summed E-state index contributed by atoms with van der Waals surface area (Å²) in [5.41, 5.74) is 5.07. The predicted octanol–water partition coefficient (Wildman–Crippen LogP) is 2.83. The van der Waals surface area contributed by atoms with E-state index in [0.717, 1.165) is 51.5 Å². The first-order valence-corrected chi connectivity index (χ1v) is 10.5. The average molecular weight is 383 g/mol. The maximum atomic E-state index is 5.00. The van der Waals surface area contributed by atoms with Crippen molar-refractivity contribution in [2.45, 2.75) is 40.2 Å². The Kier molecular flexibility index (Phi) is 6.95. The Bertz CT molecular complexity index is 772. The van der Waals surface area contributed by atoms with E-state index in [1.807, 2.05) is 11.7 Å². The van der Waals surface area contributed by atoms with Crippen molar-refractivity contribution in [3.8, 4) is 0 Å². The van der Waals surface area contributed by atoms with E-state index in [1.54, 1.807) is 0 Å². The van der Waals surface area contributed by atoms with Crippen molar-refractivity contribution in [3.63, 3.8) is 0 Å². The van der Waals surface area contributed by atoms with E-state index in [9.17, 15) is 0 Å². The first kappa shape index (κ1) is 20.2. The van der Waals surface area contributed by atoms with E-state index in [4.69, 9.17) is 4.99 Å². The smallest absolute Gasteiger partial charge is 0.194 e. The largest absolute Gasteiger partial charge is 0.368 e. The topological polar surface area (TPSA) is 48.7 Å². The van der Waals surface area contributed by atoms with Gasteiger partial charge < -0.3 is 15.1 Å². The molecule has 1 aromatic carbocycles. The van der Waals surface area contributed by atoms with Crippen LogP contribution >= 0.6 is 0 Å². The second kappa shape index (κ2) is 9.62. The minimum absolute atomic E-state index is 0.696. The molecule has 2 heterocycles. The number of para-hydroxylation sites is 1. The van der Waals surface area contributed by atoms with Crippen LogP contribution in [0, 0.1) is 0 Å². The van der Waals surface area contributed by atoms with Gasteiger partial charge in [-0.2, -0.15) is 5.10 Å². The summed E-state index contributed by atoms with van der Waals surface area (Å²) < 4.78 is 2.02. The molecule has 1 aliphatic heterocycles. The Labute approximate surface area is 169 Å². The van der Waals surface area contributed by atoms with Gasteiger partial charge in [-0.3, -0.25) is 4.68 Å². The average Bonchev–Trinajstić information content (AvgIpc) is 3.06. The minimum Gasteiger partial charge on any atom is -0.368 e. The summed E-state index contributed by atoms with van der Waals surface area (Å²) in [7, 11) is 2.04. The summed E-state index contributed by atoms with van der Waals surface area (Å²) in [5.74, 6) is 1.02. The number of nitrogens with one attached hydrogen (secondary N) is 1. The Morgan fingerprint density at radius 2 is 1.75 bits per heavy atom. The standard InChI is InChI=1S/C22H34N6/c1-5-20-19(21(6-2)26(4)25-20)17-24-22(23-7-3)28-15-13-27(14-16-28)18-11-9-8-10-12-18/h8-12H,5-7,13-17H2,1-4H3,(H,23,24). The molecule has 0 aliphatic carbocycles. The van der Waals surface area contributed by atoms with Gasteiger partial charge in [-0.25, -0.2) is 4.99 Å². The summed E-state index contributed by atoms with van der Waals surface area (Å²) in [5, 5.41) is 8.18. The predicted molar refractivity (Wildman–Crippen MR) is 117 cm³/mol. The van der Waals surface area contributed by atoms with Gasteiger partial charge in [-0.1, -0.05) is 32.0 Å². The van der Waals surface area contributed by atoms with Crippen molar-refractivity contribution in [1.82, 2.24) is 20.0 Å². The zero-order valence-electron chi connectivity index (χ0n) is 17.8. The van der Waals surface area contributed by atoms with Crippen LogP contribution in [-0.2, 0) is 26.4 Å². The molecule has 1 saturated heterocycles. The van der Waals surface area contributed by atoms with Crippen molar-refractivity contribution in [2.24, 2.45) is 12.0 Å². The van der Waals surface area contributed by atoms with Gasteiger partial charge in [-0.15, -0.1) is 0 Å². The van der Waals surface area contributed by atoms with Crippen molar-refractivity contribution in [3.05, 3.63) is 47.3 Å². The van der Waals surface area contributed by atoms with Crippen LogP contribution in [0.3, 0.4) is 0 Å². The van der Waals surface area contributed by atoms with Gasteiger partial charge in [-0.05, 0) is 31.9 Å². The quantitative estimate of drug-likeness (QED) is 0.617. The Morgan fingerprint density at radius 3 is 2.36 bits per heavy atom. The van der Waals surface area contributed by atoms with Crippen LogP contribution in [-0.4, -0.2) is 53.4 Å². The molecule has 1 fully saturated rings. The van der Waals surface area contributed by atoms with Gasteiger partial charge in [0.15, 0.2) is 5.96 Å². The first-order valence-electron chi connectivity index (χ1n) is 10.5. The van der Waals surface area contributed by atoms with Crippen molar-refractivity contribution < 1.29 is 0 Å². The molecule has 1 aliphatic rings. The highest BCUT2D eigenvalue weighted by atomic mass is 15.3. The molecule has 152 valence electrons. The molecule has 1 aromatic heterocycles. The normalized spacial score (nSPS) is 15.2. The summed E-state index contributed by atoms with van der Waals surface area (Å²) >= 11 is 0. The molecule has 2 aromatic rings. The number of piperazine rings is 1. The Morgan fingerprint density at radius 1 is 1.04 bits per heavy atom. The number of benzene rings is 1. The fourth-order valence-corrected chi connectivity index (χ4v) is 3.97. The highest BCUT2D eigenvalue weighted by Gasteiger charge is 2.20. The first-order chi connectivity index (χ1) is 13.7. The van der Waals surface area contributed by atoms with Crippen molar-refractivity contribution in [2.75, 3.05) is 37.6 Å². The number of aromatic nitrogens is 2. The van der Waals surface area contributed by atoms with E-state index >= 15 is 0 Å². The van der Waals surface area contributed by atoms with Gasteiger partial charge in [0, 0.05) is 56.7 Å². The fraction of sp³-hybridized carbons (Fsp3) is 0.545. The van der Waals surface area contributed by atoms with Crippen molar-refractivity contribution >= 4 is 11.6 Å². The molecule has 0 radical (unpaired) electrons. The minimum atomic E-state index is 0.696. The lowest BCUT2D eigenvalue weighted by atomic mass is 10.1. The highest BCUT2D eigenvalue weighted by Crippen LogP contribution is 2.18. The summed E-state index contributed by atoms with van der Waals surface area (Å²) in [6.45, 7) is 12.1. The van der Waals surface area contributed by atoms with Crippen LogP contribution in [0.15, 0.2) is 35.3 Å². The number of aryl methyl sites for hydroxylation is 2. The molecular weight excluding hydrogens is 348 g/mol. The van der Waals surface area contributed by atoms with Crippen LogP contribution in [0.1, 0.15) is 37.7 Å². The maximum Gasteiger partial charge on any atom is 0.194 e.